The number of aliphatic hydroxyl groups is 1. The van der Waals surface area contributed by atoms with Crippen molar-refractivity contribution in [2.45, 2.75) is 71.1 Å². The number of hydrogen-bond donors (Lipinski definition) is 2. The smallest absolute Gasteiger partial charge is 0.0431 e. The fourth-order valence-corrected chi connectivity index (χ4v) is 3.72. The van der Waals surface area contributed by atoms with E-state index in [2.05, 4.69) is 24.2 Å². The van der Waals surface area contributed by atoms with E-state index < -0.39 is 0 Å². The normalized spacial score (nSPS) is 18.9. The minimum atomic E-state index is 0.342. The molecule has 1 rings (SSSR count). The zero-order valence-electron chi connectivity index (χ0n) is 14.5. The molecule has 1 saturated carbocycles. The summed E-state index contributed by atoms with van der Waals surface area (Å²) in [6.07, 6.45) is 13.0. The molecule has 126 valence electrons. The number of nitrogens with one attached hydrogen (secondary N) is 1. The third-order valence-electron chi connectivity index (χ3n) is 4.89. The fourth-order valence-electron chi connectivity index (χ4n) is 3.72. The molecule has 0 radical (unpaired) electrons. The minimum absolute atomic E-state index is 0.342. The van der Waals surface area contributed by atoms with Crippen LogP contribution in [0.1, 0.15) is 71.1 Å². The van der Waals surface area contributed by atoms with Crippen molar-refractivity contribution in [1.29, 1.82) is 0 Å². The molecule has 0 aromatic heterocycles. The van der Waals surface area contributed by atoms with Crippen molar-refractivity contribution in [2.75, 3.05) is 39.8 Å². The highest BCUT2D eigenvalue weighted by atomic mass is 16.2. The van der Waals surface area contributed by atoms with Crippen LogP contribution < -0.4 is 5.32 Å². The van der Waals surface area contributed by atoms with Crippen LogP contribution in [0.5, 0.6) is 0 Å². The third-order valence-corrected chi connectivity index (χ3v) is 4.89. The summed E-state index contributed by atoms with van der Waals surface area (Å²) in [5.74, 6) is 0. The second-order valence-corrected chi connectivity index (χ2v) is 7.11. The van der Waals surface area contributed by atoms with Crippen LogP contribution in [0.25, 0.3) is 0 Å². The molecule has 1 aliphatic carbocycles. The van der Waals surface area contributed by atoms with Crippen molar-refractivity contribution in [3.63, 3.8) is 0 Å². The molecule has 21 heavy (non-hydrogen) atoms. The molecule has 0 bridgehead atoms. The van der Waals surface area contributed by atoms with Gasteiger partial charge < -0.3 is 15.3 Å². The predicted octanol–water partition coefficient (Wildman–Crippen LogP) is 3.42. The van der Waals surface area contributed by atoms with E-state index in [1.807, 2.05) is 0 Å². The van der Waals surface area contributed by atoms with Gasteiger partial charge in [-0.3, -0.25) is 0 Å². The van der Waals surface area contributed by atoms with Gasteiger partial charge in [-0.25, -0.2) is 0 Å². The Labute approximate surface area is 132 Å². The third kappa shape index (κ3) is 8.18. The molecule has 0 amide bonds. The standard InChI is InChI=1S/C18H38N2O/c1-3-13-19-16-18(11-7-4-5-8-12-18)17-20(2)14-9-6-10-15-21/h19,21H,3-17H2,1-2H3. The molecule has 0 aliphatic heterocycles. The van der Waals surface area contributed by atoms with Crippen molar-refractivity contribution < 1.29 is 5.11 Å². The molecule has 0 atom stereocenters. The second-order valence-electron chi connectivity index (χ2n) is 7.11. The monoisotopic (exact) mass is 298 g/mol. The highest BCUT2D eigenvalue weighted by Gasteiger charge is 2.31. The predicted molar refractivity (Wildman–Crippen MR) is 91.7 cm³/mol. The van der Waals surface area contributed by atoms with Crippen LogP contribution in [-0.4, -0.2) is 49.8 Å². The van der Waals surface area contributed by atoms with Crippen molar-refractivity contribution in [2.24, 2.45) is 5.41 Å². The summed E-state index contributed by atoms with van der Waals surface area (Å²) in [5.41, 5.74) is 0.497. The molecular weight excluding hydrogens is 260 g/mol. The Balaban J connectivity index is 2.42. The van der Waals surface area contributed by atoms with E-state index >= 15 is 0 Å². The molecule has 1 fully saturated rings. The summed E-state index contributed by atoms with van der Waals surface area (Å²) in [5, 5.41) is 12.6. The number of unbranched alkanes of at least 4 members (excludes halogenated alkanes) is 2. The summed E-state index contributed by atoms with van der Waals surface area (Å²) in [6, 6.07) is 0. The van der Waals surface area contributed by atoms with Crippen LogP contribution >= 0.6 is 0 Å². The van der Waals surface area contributed by atoms with E-state index in [4.69, 9.17) is 5.11 Å². The molecule has 2 N–H and O–H groups in total. The Bertz CT molecular complexity index is 237. The van der Waals surface area contributed by atoms with Crippen LogP contribution in [0.15, 0.2) is 0 Å². The van der Waals surface area contributed by atoms with Crippen molar-refractivity contribution in [3.8, 4) is 0 Å². The Morgan fingerprint density at radius 1 is 1.05 bits per heavy atom. The fraction of sp³-hybridized carbons (Fsp3) is 1.00. The number of rotatable bonds is 11. The first-order valence-electron chi connectivity index (χ1n) is 9.22. The molecule has 0 saturated heterocycles. The van der Waals surface area contributed by atoms with E-state index in [1.54, 1.807) is 0 Å². The van der Waals surface area contributed by atoms with Crippen molar-refractivity contribution in [3.05, 3.63) is 0 Å². The lowest BCUT2D eigenvalue weighted by molar-refractivity contribution is 0.144. The number of nitrogens with zero attached hydrogens (tertiary/aromatic N) is 1. The summed E-state index contributed by atoms with van der Waals surface area (Å²) >= 11 is 0. The van der Waals surface area contributed by atoms with Gasteiger partial charge in [0, 0.05) is 19.7 Å². The quantitative estimate of drug-likeness (QED) is 0.453. The zero-order chi connectivity index (χ0) is 15.4. The SMILES string of the molecule is CCCNCC1(CN(C)CCCCCO)CCCCCC1. The van der Waals surface area contributed by atoms with Gasteiger partial charge in [-0.2, -0.15) is 0 Å². The molecule has 0 spiro atoms. The molecule has 3 heteroatoms. The van der Waals surface area contributed by atoms with Gasteiger partial charge in [0.05, 0.1) is 0 Å². The molecule has 0 aromatic rings. The van der Waals surface area contributed by atoms with Crippen LogP contribution in [0.4, 0.5) is 0 Å². The Kier molecular flexibility index (Phi) is 10.3. The first kappa shape index (κ1) is 18.9. The lowest BCUT2D eigenvalue weighted by Crippen LogP contribution is -2.43. The molecule has 0 heterocycles. The van der Waals surface area contributed by atoms with Gasteiger partial charge >= 0.3 is 0 Å². The molecule has 0 unspecified atom stereocenters. The highest BCUT2D eigenvalue weighted by Crippen LogP contribution is 2.35. The van der Waals surface area contributed by atoms with Crippen LogP contribution in [0.2, 0.25) is 0 Å². The number of aliphatic hydroxyl groups excluding tert-OH is 1. The zero-order valence-corrected chi connectivity index (χ0v) is 14.5. The Hall–Kier alpha value is -0.120. The summed E-state index contributed by atoms with van der Waals surface area (Å²) < 4.78 is 0. The van der Waals surface area contributed by atoms with Gasteiger partial charge in [0.15, 0.2) is 0 Å². The lowest BCUT2D eigenvalue weighted by Gasteiger charge is -2.37. The molecule has 1 aliphatic rings. The summed E-state index contributed by atoms with van der Waals surface area (Å²) in [7, 11) is 2.28. The summed E-state index contributed by atoms with van der Waals surface area (Å²) in [4.78, 5) is 2.54. The van der Waals surface area contributed by atoms with Gasteiger partial charge in [-0.15, -0.1) is 0 Å². The summed E-state index contributed by atoms with van der Waals surface area (Å²) in [6.45, 7) is 7.36. The topological polar surface area (TPSA) is 35.5 Å². The largest absolute Gasteiger partial charge is 0.396 e. The van der Waals surface area contributed by atoms with Gasteiger partial charge in [0.2, 0.25) is 0 Å². The average Bonchev–Trinajstić information content (AvgIpc) is 2.70. The van der Waals surface area contributed by atoms with Crippen molar-refractivity contribution >= 4 is 0 Å². The van der Waals surface area contributed by atoms with E-state index in [9.17, 15) is 0 Å². The maximum atomic E-state index is 8.86. The van der Waals surface area contributed by atoms with Crippen molar-refractivity contribution in [1.82, 2.24) is 10.2 Å². The average molecular weight is 299 g/mol. The first-order valence-corrected chi connectivity index (χ1v) is 9.22. The molecule has 0 aromatic carbocycles. The Morgan fingerprint density at radius 3 is 2.38 bits per heavy atom. The molecular formula is C18H38N2O. The minimum Gasteiger partial charge on any atom is -0.396 e. The van der Waals surface area contributed by atoms with Gasteiger partial charge in [-0.05, 0) is 64.1 Å². The van der Waals surface area contributed by atoms with E-state index in [-0.39, 0.29) is 0 Å². The van der Waals surface area contributed by atoms with Crippen LogP contribution in [-0.2, 0) is 0 Å². The second kappa shape index (κ2) is 11.4. The first-order chi connectivity index (χ1) is 10.2. The van der Waals surface area contributed by atoms with E-state index in [0.29, 0.717) is 12.0 Å². The highest BCUT2D eigenvalue weighted by molar-refractivity contribution is 4.86. The Morgan fingerprint density at radius 2 is 1.76 bits per heavy atom. The van der Waals surface area contributed by atoms with E-state index in [1.165, 1.54) is 71.0 Å². The van der Waals surface area contributed by atoms with Crippen LogP contribution in [0.3, 0.4) is 0 Å². The van der Waals surface area contributed by atoms with Gasteiger partial charge in [0.25, 0.3) is 0 Å². The van der Waals surface area contributed by atoms with Crippen LogP contribution in [0, 0.1) is 5.41 Å². The van der Waals surface area contributed by atoms with Gasteiger partial charge in [-0.1, -0.05) is 32.6 Å². The maximum Gasteiger partial charge on any atom is 0.0431 e. The van der Waals surface area contributed by atoms with Gasteiger partial charge in [0.1, 0.15) is 0 Å². The van der Waals surface area contributed by atoms with E-state index in [0.717, 1.165) is 19.4 Å². The lowest BCUT2D eigenvalue weighted by atomic mass is 9.79. The maximum absolute atomic E-state index is 8.86. The number of hydrogen-bond acceptors (Lipinski definition) is 3. The molecule has 3 nitrogen and oxygen atoms in total.